The van der Waals surface area contributed by atoms with E-state index in [2.05, 4.69) is 34.4 Å². The molecule has 1 aromatic heterocycles. The van der Waals surface area contributed by atoms with Crippen molar-refractivity contribution in [3.05, 3.63) is 83.4 Å². The van der Waals surface area contributed by atoms with Gasteiger partial charge in [0.25, 0.3) is 5.91 Å². The highest BCUT2D eigenvalue weighted by molar-refractivity contribution is 5.92. The second-order valence-corrected chi connectivity index (χ2v) is 7.75. The Bertz CT molecular complexity index is 988. The smallest absolute Gasteiger partial charge is 0.276 e. The van der Waals surface area contributed by atoms with E-state index < -0.39 is 0 Å². The van der Waals surface area contributed by atoms with E-state index in [1.807, 2.05) is 30.0 Å². The minimum Gasteiger partial charge on any atom is -0.328 e. The highest BCUT2D eigenvalue weighted by atomic mass is 19.1. The molecule has 0 N–H and O–H groups in total. The second-order valence-electron chi connectivity index (χ2n) is 7.75. The van der Waals surface area contributed by atoms with Crippen molar-refractivity contribution in [3.63, 3.8) is 0 Å². The van der Waals surface area contributed by atoms with Crippen molar-refractivity contribution in [1.29, 1.82) is 0 Å². The molecule has 6 nitrogen and oxygen atoms in total. The lowest BCUT2D eigenvalue weighted by molar-refractivity contribution is 0.0492. The van der Waals surface area contributed by atoms with Gasteiger partial charge in [0.15, 0.2) is 5.69 Å². The molecule has 7 heteroatoms. The fourth-order valence-electron chi connectivity index (χ4n) is 4.06. The maximum absolute atomic E-state index is 13.3. The average Bonchev–Trinajstić information content (AvgIpc) is 3.25. The number of carbonyl (C=O) groups is 1. The van der Waals surface area contributed by atoms with E-state index in [-0.39, 0.29) is 23.8 Å². The van der Waals surface area contributed by atoms with Crippen LogP contribution in [-0.4, -0.2) is 57.4 Å². The number of carbonyl (C=O) groups excluding carboxylic acids is 1. The molecule has 0 aliphatic carbocycles. The molecule has 0 spiro atoms. The van der Waals surface area contributed by atoms with Gasteiger partial charge in [0, 0.05) is 19.6 Å². The Kier molecular flexibility index (Phi) is 5.90. The number of likely N-dealkylation sites (N-methyl/N-ethyl adjacent to an activating group) is 1. The molecule has 1 aliphatic rings. The summed E-state index contributed by atoms with van der Waals surface area (Å²) in [5, 5.41) is 8.41. The molecule has 1 amide bonds. The van der Waals surface area contributed by atoms with Crippen molar-refractivity contribution in [2.45, 2.75) is 25.4 Å². The molecule has 0 saturated carbocycles. The predicted molar refractivity (Wildman–Crippen MR) is 113 cm³/mol. The quantitative estimate of drug-likeness (QED) is 0.649. The van der Waals surface area contributed by atoms with Crippen LogP contribution < -0.4 is 0 Å². The molecule has 4 rings (SSSR count). The first-order chi connectivity index (χ1) is 14.6. The zero-order chi connectivity index (χ0) is 21.1. The standard InChI is InChI=1S/C23H26FN5O/c1-3-21(18-9-11-19(24)12-10-18)29-15-20(25-26-29)23(30)28-14-13-27(2)16-22(28)17-7-5-4-6-8-17/h4-12,15,21-22H,3,13-14,16H2,1-2H3/t21-,22-/m1/s1. The average molecular weight is 407 g/mol. The van der Waals surface area contributed by atoms with E-state index in [1.165, 1.54) is 12.1 Å². The van der Waals surface area contributed by atoms with E-state index in [0.29, 0.717) is 12.2 Å². The summed E-state index contributed by atoms with van der Waals surface area (Å²) in [6, 6.07) is 16.3. The van der Waals surface area contributed by atoms with Crippen molar-refractivity contribution in [2.75, 3.05) is 26.7 Å². The van der Waals surface area contributed by atoms with Crippen LogP contribution in [0.1, 0.15) is 47.0 Å². The van der Waals surface area contributed by atoms with E-state index in [4.69, 9.17) is 0 Å². The van der Waals surface area contributed by atoms with Crippen LogP contribution in [0.4, 0.5) is 4.39 Å². The van der Waals surface area contributed by atoms with Crippen LogP contribution in [0.25, 0.3) is 0 Å². The van der Waals surface area contributed by atoms with Crippen LogP contribution >= 0.6 is 0 Å². The summed E-state index contributed by atoms with van der Waals surface area (Å²) >= 11 is 0. The Morgan fingerprint density at radius 3 is 2.57 bits per heavy atom. The molecule has 30 heavy (non-hydrogen) atoms. The van der Waals surface area contributed by atoms with Crippen molar-refractivity contribution < 1.29 is 9.18 Å². The first-order valence-electron chi connectivity index (χ1n) is 10.3. The van der Waals surface area contributed by atoms with E-state index >= 15 is 0 Å². The van der Waals surface area contributed by atoms with E-state index in [0.717, 1.165) is 30.6 Å². The van der Waals surface area contributed by atoms with Gasteiger partial charge in [-0.1, -0.05) is 54.6 Å². The topological polar surface area (TPSA) is 54.3 Å². The third-order valence-electron chi connectivity index (χ3n) is 5.72. The number of rotatable bonds is 5. The molecule has 0 radical (unpaired) electrons. The van der Waals surface area contributed by atoms with Gasteiger partial charge in [-0.15, -0.1) is 5.10 Å². The molecule has 0 bridgehead atoms. The fourth-order valence-corrected chi connectivity index (χ4v) is 4.06. The first kappa shape index (κ1) is 20.2. The lowest BCUT2D eigenvalue weighted by atomic mass is 10.0. The van der Waals surface area contributed by atoms with Crippen LogP contribution in [0.3, 0.4) is 0 Å². The fraction of sp³-hybridized carbons (Fsp3) is 0.348. The Balaban J connectivity index is 1.58. The lowest BCUT2D eigenvalue weighted by Crippen LogP contribution is -2.49. The molecule has 1 saturated heterocycles. The van der Waals surface area contributed by atoms with Crippen LogP contribution in [0, 0.1) is 5.82 Å². The third kappa shape index (κ3) is 4.11. The number of aromatic nitrogens is 3. The van der Waals surface area contributed by atoms with E-state index in [1.54, 1.807) is 23.0 Å². The van der Waals surface area contributed by atoms with Crippen LogP contribution in [-0.2, 0) is 0 Å². The monoisotopic (exact) mass is 407 g/mol. The first-order valence-corrected chi connectivity index (χ1v) is 10.3. The van der Waals surface area contributed by atoms with Crippen molar-refractivity contribution in [1.82, 2.24) is 24.8 Å². The highest BCUT2D eigenvalue weighted by Crippen LogP contribution is 2.27. The van der Waals surface area contributed by atoms with E-state index in [9.17, 15) is 9.18 Å². The molecule has 3 aromatic rings. The largest absolute Gasteiger partial charge is 0.328 e. The van der Waals surface area contributed by atoms with Gasteiger partial charge in [-0.05, 0) is 36.7 Å². The van der Waals surface area contributed by atoms with Gasteiger partial charge >= 0.3 is 0 Å². The molecule has 156 valence electrons. The molecule has 0 unspecified atom stereocenters. The summed E-state index contributed by atoms with van der Waals surface area (Å²) in [5.41, 5.74) is 2.38. The Morgan fingerprint density at radius 2 is 1.87 bits per heavy atom. The molecule has 2 atom stereocenters. The minimum atomic E-state index is -0.273. The van der Waals surface area contributed by atoms with Gasteiger partial charge in [0.2, 0.25) is 0 Å². The maximum Gasteiger partial charge on any atom is 0.276 e. The Labute approximate surface area is 175 Å². The Hall–Kier alpha value is -3.06. The summed E-state index contributed by atoms with van der Waals surface area (Å²) in [6.45, 7) is 4.26. The van der Waals surface area contributed by atoms with Gasteiger partial charge in [-0.3, -0.25) is 4.79 Å². The zero-order valence-corrected chi connectivity index (χ0v) is 17.3. The lowest BCUT2D eigenvalue weighted by Gasteiger charge is -2.40. The predicted octanol–water partition coefficient (Wildman–Crippen LogP) is 3.55. The summed E-state index contributed by atoms with van der Waals surface area (Å²) in [4.78, 5) is 17.5. The van der Waals surface area contributed by atoms with Gasteiger partial charge < -0.3 is 9.80 Å². The van der Waals surface area contributed by atoms with Crippen LogP contribution in [0.5, 0.6) is 0 Å². The minimum absolute atomic E-state index is 0.0262. The number of nitrogens with zero attached hydrogens (tertiary/aromatic N) is 5. The number of hydrogen-bond donors (Lipinski definition) is 0. The molecule has 1 fully saturated rings. The zero-order valence-electron chi connectivity index (χ0n) is 17.3. The van der Waals surface area contributed by atoms with Gasteiger partial charge in [-0.25, -0.2) is 9.07 Å². The normalized spacial score (nSPS) is 18.4. The second kappa shape index (κ2) is 8.75. The number of halogens is 1. The summed E-state index contributed by atoms with van der Waals surface area (Å²) in [5.74, 6) is -0.387. The highest BCUT2D eigenvalue weighted by Gasteiger charge is 2.32. The molecule has 2 aromatic carbocycles. The maximum atomic E-state index is 13.3. The SMILES string of the molecule is CC[C@H](c1ccc(F)cc1)n1cc(C(=O)N2CCN(C)C[C@@H]2c2ccccc2)nn1. The molecular formula is C23H26FN5O. The Morgan fingerprint density at radius 1 is 1.13 bits per heavy atom. The summed E-state index contributed by atoms with van der Waals surface area (Å²) in [6.07, 6.45) is 2.46. The molecule has 1 aliphatic heterocycles. The van der Waals surface area contributed by atoms with Crippen molar-refractivity contribution in [3.8, 4) is 0 Å². The summed E-state index contributed by atoms with van der Waals surface area (Å²) in [7, 11) is 2.07. The van der Waals surface area contributed by atoms with Gasteiger partial charge in [-0.2, -0.15) is 0 Å². The van der Waals surface area contributed by atoms with Crippen molar-refractivity contribution in [2.24, 2.45) is 0 Å². The third-order valence-corrected chi connectivity index (χ3v) is 5.72. The van der Waals surface area contributed by atoms with Gasteiger partial charge in [0.1, 0.15) is 5.82 Å². The van der Waals surface area contributed by atoms with Gasteiger partial charge in [0.05, 0.1) is 18.3 Å². The van der Waals surface area contributed by atoms with Crippen molar-refractivity contribution >= 4 is 5.91 Å². The number of benzene rings is 2. The van der Waals surface area contributed by atoms with Crippen LogP contribution in [0.15, 0.2) is 60.8 Å². The molecular weight excluding hydrogens is 381 g/mol. The molecule has 2 heterocycles. The number of hydrogen-bond acceptors (Lipinski definition) is 4. The number of piperazine rings is 1. The van der Waals surface area contributed by atoms with Crippen LogP contribution in [0.2, 0.25) is 0 Å². The summed E-state index contributed by atoms with van der Waals surface area (Å²) < 4.78 is 15.0. The number of amides is 1.